The van der Waals surface area contributed by atoms with Crippen molar-refractivity contribution < 1.29 is 0 Å². The quantitative estimate of drug-likeness (QED) is 0.851. The minimum absolute atomic E-state index is 0.0833. The molecule has 2 N–H and O–H groups in total. The van der Waals surface area contributed by atoms with Crippen LogP contribution in [0.2, 0.25) is 5.02 Å². The molecule has 1 rings (SSSR count). The minimum Gasteiger partial charge on any atom is -0.324 e. The summed E-state index contributed by atoms with van der Waals surface area (Å²) in [6.07, 6.45) is 0.923. The second-order valence-corrected chi connectivity index (χ2v) is 4.07. The third-order valence-corrected chi connectivity index (χ3v) is 2.43. The first-order valence-corrected chi connectivity index (χ1v) is 5.02. The molecule has 0 amide bonds. The third-order valence-electron chi connectivity index (χ3n) is 1.75. The molecular weight excluding hydrogens is 237 g/mol. The minimum atomic E-state index is 0.0833. The fourth-order valence-corrected chi connectivity index (χ4v) is 1.91. The zero-order valence-electron chi connectivity index (χ0n) is 6.85. The second-order valence-electron chi connectivity index (χ2n) is 2.72. The van der Waals surface area contributed by atoms with E-state index in [0.29, 0.717) is 0 Å². The van der Waals surface area contributed by atoms with Crippen LogP contribution in [0.15, 0.2) is 22.7 Å². The van der Waals surface area contributed by atoms with Crippen molar-refractivity contribution in [2.24, 2.45) is 5.73 Å². The van der Waals surface area contributed by atoms with Gasteiger partial charge in [-0.3, -0.25) is 0 Å². The molecule has 1 aromatic rings. The highest BCUT2D eigenvalue weighted by Crippen LogP contribution is 2.23. The van der Waals surface area contributed by atoms with E-state index in [1.165, 1.54) is 0 Å². The van der Waals surface area contributed by atoms with Crippen molar-refractivity contribution in [2.75, 3.05) is 0 Å². The molecule has 0 spiro atoms. The molecule has 0 aliphatic rings. The molecule has 0 radical (unpaired) electrons. The van der Waals surface area contributed by atoms with Crippen LogP contribution in [0.1, 0.15) is 24.9 Å². The molecule has 0 saturated carbocycles. The van der Waals surface area contributed by atoms with Gasteiger partial charge in [0.2, 0.25) is 0 Å². The molecule has 0 aliphatic heterocycles. The molecule has 0 unspecified atom stereocenters. The molecule has 0 saturated heterocycles. The van der Waals surface area contributed by atoms with Gasteiger partial charge in [0.25, 0.3) is 0 Å². The molecule has 0 heterocycles. The third kappa shape index (κ3) is 2.47. The summed E-state index contributed by atoms with van der Waals surface area (Å²) in [5.41, 5.74) is 6.93. The van der Waals surface area contributed by atoms with E-state index in [2.05, 4.69) is 22.9 Å². The average molecular weight is 249 g/mol. The molecule has 0 aromatic heterocycles. The van der Waals surface area contributed by atoms with Crippen LogP contribution in [0, 0.1) is 0 Å². The van der Waals surface area contributed by atoms with Gasteiger partial charge in [0.15, 0.2) is 0 Å². The highest BCUT2D eigenvalue weighted by Gasteiger charge is 2.04. The Bertz CT molecular complexity index is 255. The van der Waals surface area contributed by atoms with Crippen molar-refractivity contribution in [3.63, 3.8) is 0 Å². The maximum atomic E-state index is 5.87. The molecular formula is C9H11BrClN. The number of nitrogens with two attached hydrogens (primary N) is 1. The van der Waals surface area contributed by atoms with Gasteiger partial charge in [0.05, 0.1) is 0 Å². The Balaban J connectivity index is 3.00. The molecule has 1 atom stereocenters. The van der Waals surface area contributed by atoms with Gasteiger partial charge >= 0.3 is 0 Å². The van der Waals surface area contributed by atoms with E-state index in [1.54, 1.807) is 0 Å². The average Bonchev–Trinajstić information content (AvgIpc) is 2.01. The molecule has 0 aliphatic carbocycles. The summed E-state index contributed by atoms with van der Waals surface area (Å²) in [5, 5.41) is 0.725. The SMILES string of the molecule is CC[C@@H](N)c1cc(Cl)cc(Br)c1. The maximum Gasteiger partial charge on any atom is 0.0420 e. The van der Waals surface area contributed by atoms with Gasteiger partial charge in [-0.1, -0.05) is 34.5 Å². The number of rotatable bonds is 2. The molecule has 1 nitrogen and oxygen atoms in total. The van der Waals surface area contributed by atoms with Crippen molar-refractivity contribution in [3.8, 4) is 0 Å². The molecule has 0 fully saturated rings. The standard InChI is InChI=1S/C9H11BrClN/c1-2-9(12)6-3-7(10)5-8(11)4-6/h3-5,9H,2,12H2,1H3/t9-/m1/s1. The van der Waals surface area contributed by atoms with E-state index in [4.69, 9.17) is 17.3 Å². The zero-order valence-corrected chi connectivity index (χ0v) is 9.19. The highest BCUT2D eigenvalue weighted by molar-refractivity contribution is 9.10. The predicted molar refractivity (Wildman–Crippen MR) is 56.4 cm³/mol. The first-order valence-electron chi connectivity index (χ1n) is 3.85. The first kappa shape index (κ1) is 10.0. The lowest BCUT2D eigenvalue weighted by molar-refractivity contribution is 0.698. The summed E-state index contributed by atoms with van der Waals surface area (Å²) in [6, 6.07) is 5.84. The number of hydrogen-bond donors (Lipinski definition) is 1. The van der Waals surface area contributed by atoms with Crippen LogP contribution in [-0.2, 0) is 0 Å². The summed E-state index contributed by atoms with van der Waals surface area (Å²) in [6.45, 7) is 2.06. The summed E-state index contributed by atoms with van der Waals surface area (Å²) in [7, 11) is 0. The number of benzene rings is 1. The predicted octanol–water partition coefficient (Wildman–Crippen LogP) is 3.51. The fourth-order valence-electron chi connectivity index (χ4n) is 1.02. The molecule has 12 heavy (non-hydrogen) atoms. The van der Waals surface area contributed by atoms with Crippen LogP contribution < -0.4 is 5.73 Å². The van der Waals surface area contributed by atoms with E-state index in [1.807, 2.05) is 18.2 Å². The maximum absolute atomic E-state index is 5.87. The Labute approximate surface area is 86.0 Å². The van der Waals surface area contributed by atoms with Crippen LogP contribution >= 0.6 is 27.5 Å². The van der Waals surface area contributed by atoms with Crippen LogP contribution in [-0.4, -0.2) is 0 Å². The van der Waals surface area contributed by atoms with E-state index in [9.17, 15) is 0 Å². The van der Waals surface area contributed by atoms with Gasteiger partial charge in [0, 0.05) is 15.5 Å². The molecule has 66 valence electrons. The lowest BCUT2D eigenvalue weighted by Crippen LogP contribution is -2.08. The zero-order chi connectivity index (χ0) is 9.14. The van der Waals surface area contributed by atoms with Gasteiger partial charge in [0.1, 0.15) is 0 Å². The Morgan fingerprint density at radius 2 is 2.17 bits per heavy atom. The van der Waals surface area contributed by atoms with Crippen LogP contribution in [0.3, 0.4) is 0 Å². The van der Waals surface area contributed by atoms with E-state index < -0.39 is 0 Å². The summed E-state index contributed by atoms with van der Waals surface area (Å²) >= 11 is 9.24. The van der Waals surface area contributed by atoms with Crippen LogP contribution in [0.4, 0.5) is 0 Å². The Hall–Kier alpha value is -0.0500. The Morgan fingerprint density at radius 1 is 1.50 bits per heavy atom. The van der Waals surface area contributed by atoms with Gasteiger partial charge in [-0.15, -0.1) is 0 Å². The van der Waals surface area contributed by atoms with Gasteiger partial charge in [-0.2, -0.15) is 0 Å². The van der Waals surface area contributed by atoms with Crippen LogP contribution in [0.5, 0.6) is 0 Å². The Kier molecular flexibility index (Phi) is 3.56. The molecule has 1 aromatic carbocycles. The topological polar surface area (TPSA) is 26.0 Å². The van der Waals surface area contributed by atoms with Gasteiger partial charge in [-0.25, -0.2) is 0 Å². The van der Waals surface area contributed by atoms with Crippen molar-refractivity contribution in [3.05, 3.63) is 33.3 Å². The van der Waals surface area contributed by atoms with Crippen molar-refractivity contribution in [1.82, 2.24) is 0 Å². The summed E-state index contributed by atoms with van der Waals surface area (Å²) in [4.78, 5) is 0. The second kappa shape index (κ2) is 4.26. The van der Waals surface area contributed by atoms with Crippen molar-refractivity contribution >= 4 is 27.5 Å². The largest absolute Gasteiger partial charge is 0.324 e. The normalized spacial score (nSPS) is 13.0. The summed E-state index contributed by atoms with van der Waals surface area (Å²) < 4.78 is 0.980. The van der Waals surface area contributed by atoms with Crippen molar-refractivity contribution in [2.45, 2.75) is 19.4 Å². The van der Waals surface area contributed by atoms with Gasteiger partial charge in [-0.05, 0) is 30.2 Å². The monoisotopic (exact) mass is 247 g/mol. The van der Waals surface area contributed by atoms with Crippen molar-refractivity contribution in [1.29, 1.82) is 0 Å². The fraction of sp³-hybridized carbons (Fsp3) is 0.333. The molecule has 3 heteroatoms. The summed E-state index contributed by atoms with van der Waals surface area (Å²) in [5.74, 6) is 0. The van der Waals surface area contributed by atoms with E-state index in [0.717, 1.165) is 21.5 Å². The number of halogens is 2. The lowest BCUT2D eigenvalue weighted by Gasteiger charge is -2.09. The van der Waals surface area contributed by atoms with Gasteiger partial charge < -0.3 is 5.73 Å². The lowest BCUT2D eigenvalue weighted by atomic mass is 10.1. The molecule has 0 bridgehead atoms. The number of hydrogen-bond acceptors (Lipinski definition) is 1. The first-order chi connectivity index (χ1) is 5.63. The van der Waals surface area contributed by atoms with E-state index in [-0.39, 0.29) is 6.04 Å². The Morgan fingerprint density at radius 3 is 2.67 bits per heavy atom. The smallest absolute Gasteiger partial charge is 0.0420 e. The van der Waals surface area contributed by atoms with Crippen LogP contribution in [0.25, 0.3) is 0 Å². The highest BCUT2D eigenvalue weighted by atomic mass is 79.9. The van der Waals surface area contributed by atoms with E-state index >= 15 is 0 Å².